The Hall–Kier alpha value is -3.26. The van der Waals surface area contributed by atoms with Crippen molar-refractivity contribution >= 4 is 34.2 Å². The predicted molar refractivity (Wildman–Crippen MR) is 117 cm³/mol. The number of nitrogens with zero attached hydrogens (tertiary/aromatic N) is 5. The standard InChI is InChI=1S/C21H25N7O/c1-4-15(3)28-19-16(11-14(2)20(28)29)12-24-21(26-19)25-18-6-5-17(13-23-18)27-9-7-22-8-10-27/h5-6,11-13,22H,3-4,7-10H2,1-2H3,(H,23,24,25,26). The molecular weight excluding hydrogens is 366 g/mol. The minimum absolute atomic E-state index is 0.104. The predicted octanol–water partition coefficient (Wildman–Crippen LogP) is 2.53. The van der Waals surface area contributed by atoms with Gasteiger partial charge in [0, 0.05) is 49.0 Å². The molecule has 4 heterocycles. The first-order valence-electron chi connectivity index (χ1n) is 9.83. The number of fused-ring (bicyclic) bond motifs is 1. The summed E-state index contributed by atoms with van der Waals surface area (Å²) in [6.45, 7) is 11.7. The lowest BCUT2D eigenvalue weighted by atomic mass is 10.2. The van der Waals surface area contributed by atoms with Gasteiger partial charge in [-0.25, -0.2) is 9.97 Å². The van der Waals surface area contributed by atoms with Crippen LogP contribution in [0, 0.1) is 6.92 Å². The maximum atomic E-state index is 12.6. The van der Waals surface area contributed by atoms with Crippen LogP contribution < -0.4 is 21.1 Å². The molecule has 1 fully saturated rings. The van der Waals surface area contributed by atoms with E-state index in [-0.39, 0.29) is 5.56 Å². The van der Waals surface area contributed by atoms with Crippen molar-refractivity contribution < 1.29 is 0 Å². The Bertz CT molecular complexity index is 1100. The van der Waals surface area contributed by atoms with E-state index in [9.17, 15) is 4.79 Å². The molecule has 1 aliphatic rings. The fourth-order valence-electron chi connectivity index (χ4n) is 3.43. The van der Waals surface area contributed by atoms with Crippen LogP contribution >= 0.6 is 0 Å². The van der Waals surface area contributed by atoms with E-state index in [1.54, 1.807) is 23.8 Å². The van der Waals surface area contributed by atoms with Crippen molar-refractivity contribution in [3.63, 3.8) is 0 Å². The molecule has 0 unspecified atom stereocenters. The number of allylic oxidation sites excluding steroid dienone is 1. The van der Waals surface area contributed by atoms with E-state index >= 15 is 0 Å². The monoisotopic (exact) mass is 391 g/mol. The number of hydrogen-bond acceptors (Lipinski definition) is 7. The van der Waals surface area contributed by atoms with Crippen molar-refractivity contribution in [2.24, 2.45) is 0 Å². The van der Waals surface area contributed by atoms with Gasteiger partial charge in [0.25, 0.3) is 5.56 Å². The van der Waals surface area contributed by atoms with Crippen LogP contribution in [0.2, 0.25) is 0 Å². The summed E-state index contributed by atoms with van der Waals surface area (Å²) in [6.07, 6.45) is 4.22. The zero-order chi connectivity index (χ0) is 20.4. The van der Waals surface area contributed by atoms with Gasteiger partial charge in [-0.3, -0.25) is 9.36 Å². The highest BCUT2D eigenvalue weighted by molar-refractivity contribution is 5.79. The summed E-state index contributed by atoms with van der Waals surface area (Å²) < 4.78 is 1.57. The van der Waals surface area contributed by atoms with Gasteiger partial charge in [-0.1, -0.05) is 13.5 Å². The first-order valence-corrected chi connectivity index (χ1v) is 9.83. The number of hydrogen-bond donors (Lipinski definition) is 2. The lowest BCUT2D eigenvalue weighted by Gasteiger charge is -2.29. The smallest absolute Gasteiger partial charge is 0.259 e. The number of aryl methyl sites for hydroxylation is 1. The largest absolute Gasteiger partial charge is 0.368 e. The SMILES string of the molecule is C=C(CC)n1c(=O)c(C)cc2cnc(Nc3ccc(N4CCNCC4)cn3)nc21. The number of rotatable bonds is 5. The van der Waals surface area contributed by atoms with Gasteiger partial charge < -0.3 is 15.5 Å². The number of aromatic nitrogens is 4. The molecule has 3 aromatic heterocycles. The highest BCUT2D eigenvalue weighted by atomic mass is 16.1. The van der Waals surface area contributed by atoms with Gasteiger partial charge in [0.2, 0.25) is 5.95 Å². The lowest BCUT2D eigenvalue weighted by molar-refractivity contribution is 0.589. The van der Waals surface area contributed by atoms with Crippen molar-refractivity contribution in [2.45, 2.75) is 20.3 Å². The fraction of sp³-hybridized carbons (Fsp3) is 0.333. The molecule has 0 aliphatic carbocycles. The Morgan fingerprint density at radius 1 is 1.24 bits per heavy atom. The molecule has 4 rings (SSSR count). The van der Waals surface area contributed by atoms with E-state index in [0.29, 0.717) is 35.1 Å². The van der Waals surface area contributed by atoms with Crippen LogP contribution in [0.3, 0.4) is 0 Å². The summed E-state index contributed by atoms with van der Waals surface area (Å²) >= 11 is 0. The van der Waals surface area contributed by atoms with Gasteiger partial charge in [-0.05, 0) is 31.5 Å². The van der Waals surface area contributed by atoms with Gasteiger partial charge in [-0.15, -0.1) is 0 Å². The molecule has 29 heavy (non-hydrogen) atoms. The first-order chi connectivity index (χ1) is 14.1. The van der Waals surface area contributed by atoms with Gasteiger partial charge in [0.15, 0.2) is 5.65 Å². The highest BCUT2D eigenvalue weighted by Crippen LogP contribution is 2.20. The minimum Gasteiger partial charge on any atom is -0.368 e. The fourth-order valence-corrected chi connectivity index (χ4v) is 3.43. The Balaban J connectivity index is 1.63. The Labute approximate surface area is 169 Å². The molecule has 0 atom stereocenters. The van der Waals surface area contributed by atoms with Crippen LogP contribution in [0.5, 0.6) is 0 Å². The average Bonchev–Trinajstić information content (AvgIpc) is 2.76. The van der Waals surface area contributed by atoms with Gasteiger partial charge in [-0.2, -0.15) is 4.98 Å². The summed E-state index contributed by atoms with van der Waals surface area (Å²) in [7, 11) is 0. The second-order valence-electron chi connectivity index (χ2n) is 7.12. The molecule has 8 nitrogen and oxygen atoms in total. The lowest BCUT2D eigenvalue weighted by Crippen LogP contribution is -2.43. The number of pyridine rings is 2. The van der Waals surface area contributed by atoms with Crippen LogP contribution in [-0.4, -0.2) is 45.7 Å². The van der Waals surface area contributed by atoms with E-state index in [0.717, 1.165) is 37.3 Å². The summed E-state index contributed by atoms with van der Waals surface area (Å²) in [5.41, 5.74) is 2.88. The highest BCUT2D eigenvalue weighted by Gasteiger charge is 2.13. The van der Waals surface area contributed by atoms with E-state index in [4.69, 9.17) is 0 Å². The number of anilines is 3. The van der Waals surface area contributed by atoms with Crippen molar-refractivity contribution in [3.05, 3.63) is 53.1 Å². The van der Waals surface area contributed by atoms with E-state index in [1.807, 2.05) is 25.3 Å². The van der Waals surface area contributed by atoms with Gasteiger partial charge in [0.05, 0.1) is 11.9 Å². The Morgan fingerprint density at radius 3 is 2.72 bits per heavy atom. The van der Waals surface area contributed by atoms with Crippen LogP contribution in [0.15, 0.2) is 42.0 Å². The summed E-state index contributed by atoms with van der Waals surface area (Å²) in [5.74, 6) is 1.04. The summed E-state index contributed by atoms with van der Waals surface area (Å²) in [4.78, 5) is 28.4. The first kappa shape index (κ1) is 19.1. The molecule has 0 radical (unpaired) electrons. The van der Waals surface area contributed by atoms with E-state index < -0.39 is 0 Å². The van der Waals surface area contributed by atoms with Crippen LogP contribution in [0.1, 0.15) is 18.9 Å². The van der Waals surface area contributed by atoms with E-state index in [2.05, 4.69) is 37.1 Å². The molecular formula is C21H25N7O. The molecule has 3 aromatic rings. The molecule has 0 amide bonds. The molecule has 0 bridgehead atoms. The molecule has 2 N–H and O–H groups in total. The van der Waals surface area contributed by atoms with Crippen molar-refractivity contribution in [2.75, 3.05) is 36.4 Å². The third kappa shape index (κ3) is 3.84. The molecule has 1 saturated heterocycles. The number of piperazine rings is 1. The summed E-state index contributed by atoms with van der Waals surface area (Å²) in [5, 5.41) is 7.28. The summed E-state index contributed by atoms with van der Waals surface area (Å²) in [6, 6.07) is 5.76. The van der Waals surface area contributed by atoms with E-state index in [1.165, 1.54) is 0 Å². The van der Waals surface area contributed by atoms with Crippen molar-refractivity contribution in [1.29, 1.82) is 0 Å². The van der Waals surface area contributed by atoms with Gasteiger partial charge >= 0.3 is 0 Å². The molecule has 1 aliphatic heterocycles. The maximum absolute atomic E-state index is 12.6. The molecule has 0 saturated carbocycles. The molecule has 0 spiro atoms. The molecule has 8 heteroatoms. The quantitative estimate of drug-likeness (QED) is 0.691. The van der Waals surface area contributed by atoms with Crippen molar-refractivity contribution in [3.8, 4) is 0 Å². The Morgan fingerprint density at radius 2 is 2.03 bits per heavy atom. The third-order valence-corrected chi connectivity index (χ3v) is 5.11. The second kappa shape index (κ2) is 8.00. The zero-order valence-corrected chi connectivity index (χ0v) is 16.8. The minimum atomic E-state index is -0.104. The Kier molecular flexibility index (Phi) is 5.26. The van der Waals surface area contributed by atoms with Crippen LogP contribution in [-0.2, 0) is 0 Å². The third-order valence-electron chi connectivity index (χ3n) is 5.11. The molecule has 0 aromatic carbocycles. The maximum Gasteiger partial charge on any atom is 0.259 e. The zero-order valence-electron chi connectivity index (χ0n) is 16.8. The van der Waals surface area contributed by atoms with Crippen LogP contribution in [0.4, 0.5) is 17.5 Å². The normalized spacial score (nSPS) is 14.2. The second-order valence-corrected chi connectivity index (χ2v) is 7.12. The number of nitrogens with one attached hydrogen (secondary N) is 2. The van der Waals surface area contributed by atoms with Crippen molar-refractivity contribution in [1.82, 2.24) is 24.8 Å². The van der Waals surface area contributed by atoms with Crippen LogP contribution in [0.25, 0.3) is 16.7 Å². The molecule has 150 valence electrons. The average molecular weight is 391 g/mol. The topological polar surface area (TPSA) is 88.0 Å². The van der Waals surface area contributed by atoms with Gasteiger partial charge in [0.1, 0.15) is 5.82 Å².